The predicted octanol–water partition coefficient (Wildman–Crippen LogP) is 2.78. The summed E-state index contributed by atoms with van der Waals surface area (Å²) in [4.78, 5) is 0. The van der Waals surface area contributed by atoms with Gasteiger partial charge in [-0.2, -0.15) is 0 Å². The lowest BCUT2D eigenvalue weighted by Gasteiger charge is -1.91. The second-order valence-electron chi connectivity index (χ2n) is 1.86. The van der Waals surface area contributed by atoms with Gasteiger partial charge in [0.05, 0.1) is 5.17 Å². The summed E-state index contributed by atoms with van der Waals surface area (Å²) < 4.78 is 0. The van der Waals surface area contributed by atoms with Crippen molar-refractivity contribution in [3.63, 3.8) is 0 Å². The van der Waals surface area contributed by atoms with Crippen molar-refractivity contribution in [2.75, 3.05) is 0 Å². The second-order valence-corrected chi connectivity index (χ2v) is 2.32. The number of unbranched alkanes of at least 4 members (excludes halogenated alkanes) is 2. The van der Waals surface area contributed by atoms with E-state index in [-0.39, 0.29) is 0 Å². The van der Waals surface area contributed by atoms with Gasteiger partial charge in [-0.15, -0.1) is 0 Å². The van der Waals surface area contributed by atoms with Gasteiger partial charge in [-0.05, 0) is 12.8 Å². The molecule has 0 aromatic heterocycles. The van der Waals surface area contributed by atoms with Crippen LogP contribution in [0, 0.1) is 5.41 Å². The van der Waals surface area contributed by atoms with E-state index in [1.807, 2.05) is 0 Å². The molecule has 0 aliphatic heterocycles. The molecule has 0 aromatic carbocycles. The minimum absolute atomic E-state index is 0.290. The third-order valence-corrected chi connectivity index (χ3v) is 1.19. The van der Waals surface area contributed by atoms with Gasteiger partial charge in [0.1, 0.15) is 0 Å². The first-order chi connectivity index (χ1) is 3.77. The minimum Gasteiger partial charge on any atom is -0.293 e. The molecule has 1 N–H and O–H groups in total. The summed E-state index contributed by atoms with van der Waals surface area (Å²) in [6.07, 6.45) is 4.22. The zero-order chi connectivity index (χ0) is 6.41. The molecule has 0 amide bonds. The molecular weight excluding hydrogens is 122 g/mol. The number of hydrogen-bond donors (Lipinski definition) is 1. The molecule has 0 fully saturated rings. The number of nitrogens with one attached hydrogen (secondary N) is 1. The van der Waals surface area contributed by atoms with Crippen molar-refractivity contribution in [3.8, 4) is 0 Å². The fraction of sp³-hybridized carbons (Fsp3) is 0.833. The maximum atomic E-state index is 6.84. The fourth-order valence-corrected chi connectivity index (χ4v) is 0.664. The van der Waals surface area contributed by atoms with E-state index < -0.39 is 0 Å². The molecule has 0 aliphatic carbocycles. The highest BCUT2D eigenvalue weighted by Crippen LogP contribution is 2.00. The van der Waals surface area contributed by atoms with E-state index in [0.29, 0.717) is 5.17 Å². The van der Waals surface area contributed by atoms with E-state index in [2.05, 4.69) is 6.92 Å². The van der Waals surface area contributed by atoms with Crippen LogP contribution in [0.4, 0.5) is 0 Å². The topological polar surface area (TPSA) is 23.9 Å². The Balaban J connectivity index is 2.82. The van der Waals surface area contributed by atoms with Crippen LogP contribution in [0.25, 0.3) is 0 Å². The molecule has 2 heteroatoms. The van der Waals surface area contributed by atoms with E-state index >= 15 is 0 Å². The first kappa shape index (κ1) is 7.96. The zero-order valence-electron chi connectivity index (χ0n) is 5.21. The molecule has 0 unspecified atom stereocenters. The van der Waals surface area contributed by atoms with Crippen LogP contribution in [-0.4, -0.2) is 5.17 Å². The van der Waals surface area contributed by atoms with E-state index in [0.717, 1.165) is 12.8 Å². The fourth-order valence-electron chi connectivity index (χ4n) is 0.530. The van der Waals surface area contributed by atoms with Gasteiger partial charge in [0.15, 0.2) is 0 Å². The van der Waals surface area contributed by atoms with Crippen molar-refractivity contribution in [2.24, 2.45) is 0 Å². The molecule has 0 bridgehead atoms. The summed E-state index contributed by atoms with van der Waals surface area (Å²) in [5, 5.41) is 7.13. The van der Waals surface area contributed by atoms with Crippen molar-refractivity contribution >= 4 is 16.8 Å². The van der Waals surface area contributed by atoms with Gasteiger partial charge >= 0.3 is 0 Å². The van der Waals surface area contributed by atoms with Gasteiger partial charge < -0.3 is 0 Å². The minimum atomic E-state index is 0.290. The van der Waals surface area contributed by atoms with Crippen LogP contribution >= 0.6 is 11.6 Å². The average Bonchev–Trinajstić information content (AvgIpc) is 1.66. The molecular formula is C6H12ClN. The summed E-state index contributed by atoms with van der Waals surface area (Å²) in [5.41, 5.74) is 0. The molecule has 0 aromatic rings. The largest absolute Gasteiger partial charge is 0.293 e. The molecule has 1 nitrogen and oxygen atoms in total. The third-order valence-electron chi connectivity index (χ3n) is 1.000. The second kappa shape index (κ2) is 5.10. The monoisotopic (exact) mass is 133 g/mol. The first-order valence-corrected chi connectivity index (χ1v) is 3.38. The summed E-state index contributed by atoms with van der Waals surface area (Å²) in [6.45, 7) is 2.14. The van der Waals surface area contributed by atoms with Crippen molar-refractivity contribution in [1.82, 2.24) is 0 Å². The molecule has 0 atom stereocenters. The highest BCUT2D eigenvalue weighted by molar-refractivity contribution is 6.64. The molecule has 0 aliphatic rings. The van der Waals surface area contributed by atoms with Gasteiger partial charge in [-0.3, -0.25) is 5.41 Å². The van der Waals surface area contributed by atoms with Crippen molar-refractivity contribution in [1.29, 1.82) is 5.41 Å². The van der Waals surface area contributed by atoms with E-state index in [4.69, 9.17) is 17.0 Å². The van der Waals surface area contributed by atoms with Crippen molar-refractivity contribution in [2.45, 2.75) is 32.6 Å². The molecule has 8 heavy (non-hydrogen) atoms. The summed E-state index contributed by atoms with van der Waals surface area (Å²) in [7, 11) is 0. The molecule has 0 radical (unpaired) electrons. The molecule has 48 valence electrons. The third kappa shape index (κ3) is 5.96. The Bertz CT molecular complexity index is 70.9. The number of hydrogen-bond acceptors (Lipinski definition) is 1. The maximum absolute atomic E-state index is 6.84. The normalized spacial score (nSPS) is 9.25. The van der Waals surface area contributed by atoms with E-state index in [1.165, 1.54) is 12.8 Å². The quantitative estimate of drug-likeness (QED) is 0.451. The smallest absolute Gasteiger partial charge is 0.0968 e. The molecule has 0 rings (SSSR count). The van der Waals surface area contributed by atoms with Gasteiger partial charge in [-0.25, -0.2) is 0 Å². The number of halogens is 1. The molecule has 0 saturated carbocycles. The van der Waals surface area contributed by atoms with Gasteiger partial charge in [0.2, 0.25) is 0 Å². The van der Waals surface area contributed by atoms with Crippen LogP contribution in [0.5, 0.6) is 0 Å². The Hall–Kier alpha value is -0.0400. The van der Waals surface area contributed by atoms with Crippen LogP contribution in [0.1, 0.15) is 32.6 Å². The lowest BCUT2D eigenvalue weighted by Crippen LogP contribution is -1.82. The Kier molecular flexibility index (Phi) is 5.08. The van der Waals surface area contributed by atoms with Crippen molar-refractivity contribution in [3.05, 3.63) is 0 Å². The Labute approximate surface area is 55.6 Å². The highest BCUT2D eigenvalue weighted by atomic mass is 35.5. The summed E-state index contributed by atoms with van der Waals surface area (Å²) in [5.74, 6) is 0. The van der Waals surface area contributed by atoms with Gasteiger partial charge in [0.25, 0.3) is 0 Å². The molecule has 0 spiro atoms. The highest BCUT2D eigenvalue weighted by Gasteiger charge is 1.88. The Morgan fingerprint density at radius 1 is 1.50 bits per heavy atom. The molecule has 0 heterocycles. The summed E-state index contributed by atoms with van der Waals surface area (Å²) in [6, 6.07) is 0. The average molecular weight is 134 g/mol. The van der Waals surface area contributed by atoms with Crippen LogP contribution in [0.2, 0.25) is 0 Å². The van der Waals surface area contributed by atoms with E-state index in [1.54, 1.807) is 0 Å². The van der Waals surface area contributed by atoms with Crippen LogP contribution in [0.15, 0.2) is 0 Å². The summed E-state index contributed by atoms with van der Waals surface area (Å²) >= 11 is 5.30. The zero-order valence-corrected chi connectivity index (χ0v) is 5.96. The van der Waals surface area contributed by atoms with E-state index in [9.17, 15) is 0 Å². The van der Waals surface area contributed by atoms with Crippen molar-refractivity contribution < 1.29 is 0 Å². The Morgan fingerprint density at radius 2 is 2.12 bits per heavy atom. The molecule has 0 saturated heterocycles. The Morgan fingerprint density at radius 3 is 2.50 bits per heavy atom. The SMILES string of the molecule is CCCCCC(=N)Cl. The van der Waals surface area contributed by atoms with Crippen LogP contribution in [-0.2, 0) is 0 Å². The van der Waals surface area contributed by atoms with Gasteiger partial charge in [-0.1, -0.05) is 31.4 Å². The van der Waals surface area contributed by atoms with Crippen LogP contribution < -0.4 is 0 Å². The van der Waals surface area contributed by atoms with Crippen LogP contribution in [0.3, 0.4) is 0 Å². The standard InChI is InChI=1S/C6H12ClN/c1-2-3-4-5-6(7)8/h8H,2-5H2,1H3. The van der Waals surface area contributed by atoms with Gasteiger partial charge in [0, 0.05) is 0 Å². The first-order valence-electron chi connectivity index (χ1n) is 3.00. The maximum Gasteiger partial charge on any atom is 0.0968 e. The number of rotatable bonds is 4. The predicted molar refractivity (Wildman–Crippen MR) is 37.7 cm³/mol. The lowest BCUT2D eigenvalue weighted by atomic mass is 10.2. The lowest BCUT2D eigenvalue weighted by molar-refractivity contribution is 0.743.